The summed E-state index contributed by atoms with van der Waals surface area (Å²) in [7, 11) is 0. The van der Waals surface area contributed by atoms with E-state index < -0.39 is 24.6 Å². The highest BCUT2D eigenvalue weighted by Crippen LogP contribution is 2.37. The minimum atomic E-state index is -1.14. The number of pyridine rings is 1. The van der Waals surface area contributed by atoms with Crippen LogP contribution in [0.2, 0.25) is 0 Å². The Morgan fingerprint density at radius 2 is 1.90 bits per heavy atom. The van der Waals surface area contributed by atoms with Crippen LogP contribution in [0.25, 0.3) is 28.1 Å². The van der Waals surface area contributed by atoms with Crippen molar-refractivity contribution < 1.29 is 24.5 Å². The number of benzene rings is 1. The fraction of sp³-hybridized carbons (Fsp3) is 0.304. The molecule has 3 rings (SSSR count). The van der Waals surface area contributed by atoms with Crippen LogP contribution < -0.4 is 0 Å². The number of aliphatic hydroxyl groups excluding tert-OH is 2. The molecule has 2 heterocycles. The molecule has 30 heavy (non-hydrogen) atoms. The molecule has 0 saturated carbocycles. The lowest BCUT2D eigenvalue weighted by Gasteiger charge is -2.15. The lowest BCUT2D eigenvalue weighted by molar-refractivity contribution is -0.139. The van der Waals surface area contributed by atoms with E-state index in [9.17, 15) is 19.4 Å². The molecular weight excluding hydrogens is 387 g/mol. The molecule has 3 N–H and O–H groups in total. The number of hydrogen-bond donors (Lipinski definition) is 3. The van der Waals surface area contributed by atoms with Gasteiger partial charge in [-0.15, -0.1) is 0 Å². The molecule has 2 aromatic heterocycles. The molecule has 0 aliphatic rings. The summed E-state index contributed by atoms with van der Waals surface area (Å²) in [6, 6.07) is 8.20. The number of nitrogens with zero attached hydrogens (tertiary/aromatic N) is 2. The smallest absolute Gasteiger partial charge is 0.305 e. The highest BCUT2D eigenvalue weighted by molar-refractivity contribution is 6.00. The molecule has 0 spiro atoms. The van der Waals surface area contributed by atoms with Gasteiger partial charge in [0.05, 0.1) is 24.1 Å². The maximum Gasteiger partial charge on any atom is 0.305 e. The van der Waals surface area contributed by atoms with Crippen molar-refractivity contribution >= 4 is 22.9 Å². The quantitative estimate of drug-likeness (QED) is 0.519. The molecule has 3 aromatic rings. The molecule has 0 saturated heterocycles. The van der Waals surface area contributed by atoms with E-state index in [1.807, 2.05) is 19.9 Å². The summed E-state index contributed by atoms with van der Waals surface area (Å²) in [5.41, 5.74) is 3.45. The van der Waals surface area contributed by atoms with Crippen molar-refractivity contribution in [3.05, 3.63) is 60.3 Å². The summed E-state index contributed by atoms with van der Waals surface area (Å²) >= 11 is 0. The van der Waals surface area contributed by atoms with Crippen LogP contribution in [0.5, 0.6) is 0 Å². The molecule has 7 heteroatoms. The van der Waals surface area contributed by atoms with Crippen LogP contribution in [0.15, 0.2) is 48.8 Å². The number of aromatic nitrogens is 2. The number of carboxylic acid groups (broad SMARTS) is 1. The second-order valence-corrected chi connectivity index (χ2v) is 7.54. The van der Waals surface area contributed by atoms with Gasteiger partial charge < -0.3 is 19.9 Å². The third-order valence-electron chi connectivity index (χ3n) is 4.89. The minimum absolute atomic E-state index is 0.0852. The number of aliphatic hydroxyl groups is 2. The normalized spacial score (nSPS) is 13.9. The first kappa shape index (κ1) is 21.7. The van der Waals surface area contributed by atoms with Gasteiger partial charge in [-0.2, -0.15) is 0 Å². The van der Waals surface area contributed by atoms with Crippen molar-refractivity contribution in [2.24, 2.45) is 0 Å². The zero-order chi connectivity index (χ0) is 21.8. The summed E-state index contributed by atoms with van der Waals surface area (Å²) in [6.45, 7) is 4.08. The number of carboxylic acids is 1. The van der Waals surface area contributed by atoms with E-state index in [0.717, 1.165) is 27.7 Å². The lowest BCUT2D eigenvalue weighted by atomic mass is 10.0. The molecule has 2 atom stereocenters. The van der Waals surface area contributed by atoms with Gasteiger partial charge in [-0.25, -0.2) is 4.39 Å². The number of carbonyl (C=O) groups is 1. The van der Waals surface area contributed by atoms with Crippen molar-refractivity contribution in [2.45, 2.75) is 44.9 Å². The van der Waals surface area contributed by atoms with E-state index in [1.54, 1.807) is 36.7 Å². The maximum atomic E-state index is 13.5. The van der Waals surface area contributed by atoms with E-state index in [-0.39, 0.29) is 18.3 Å². The molecule has 2 unspecified atom stereocenters. The van der Waals surface area contributed by atoms with Gasteiger partial charge in [0.15, 0.2) is 0 Å². The van der Waals surface area contributed by atoms with Gasteiger partial charge in [0.2, 0.25) is 0 Å². The first-order valence-corrected chi connectivity index (χ1v) is 9.78. The first-order valence-electron chi connectivity index (χ1n) is 9.78. The molecule has 158 valence electrons. The SMILES string of the molecule is CC(C)n1c(C=CC(O)CC(O)CC(=O)O)c(-c2ccc(F)cc2)c2cnccc21. The van der Waals surface area contributed by atoms with Crippen molar-refractivity contribution in [1.29, 1.82) is 0 Å². The Morgan fingerprint density at radius 3 is 2.53 bits per heavy atom. The van der Waals surface area contributed by atoms with Crippen LogP contribution in [-0.2, 0) is 4.79 Å². The number of rotatable bonds is 8. The number of halogens is 1. The first-order chi connectivity index (χ1) is 14.3. The van der Waals surface area contributed by atoms with Crippen LogP contribution in [0.3, 0.4) is 0 Å². The van der Waals surface area contributed by atoms with E-state index in [4.69, 9.17) is 5.11 Å². The monoisotopic (exact) mass is 412 g/mol. The third kappa shape index (κ3) is 4.75. The molecule has 0 bridgehead atoms. The van der Waals surface area contributed by atoms with E-state index in [1.165, 1.54) is 12.1 Å². The van der Waals surface area contributed by atoms with Gasteiger partial charge in [-0.05, 0) is 43.7 Å². The van der Waals surface area contributed by atoms with Gasteiger partial charge in [-0.3, -0.25) is 9.78 Å². The molecular formula is C23H25FN2O4. The van der Waals surface area contributed by atoms with E-state index in [2.05, 4.69) is 9.55 Å². The van der Waals surface area contributed by atoms with Gasteiger partial charge in [0, 0.05) is 41.5 Å². The fourth-order valence-electron chi connectivity index (χ4n) is 3.66. The number of fused-ring (bicyclic) bond motifs is 1. The molecule has 0 amide bonds. The summed E-state index contributed by atoms with van der Waals surface area (Å²) in [5, 5.41) is 29.7. The predicted molar refractivity (Wildman–Crippen MR) is 113 cm³/mol. The number of aliphatic carboxylic acids is 1. The van der Waals surface area contributed by atoms with Crippen molar-refractivity contribution in [3.63, 3.8) is 0 Å². The van der Waals surface area contributed by atoms with Crippen LogP contribution in [-0.4, -0.2) is 43.0 Å². The Hall–Kier alpha value is -3.03. The van der Waals surface area contributed by atoms with Crippen LogP contribution >= 0.6 is 0 Å². The van der Waals surface area contributed by atoms with Gasteiger partial charge in [0.1, 0.15) is 5.82 Å². The average Bonchev–Trinajstić information content (AvgIpc) is 3.00. The predicted octanol–water partition coefficient (Wildman–Crippen LogP) is 4.02. The summed E-state index contributed by atoms with van der Waals surface area (Å²) < 4.78 is 15.6. The van der Waals surface area contributed by atoms with Crippen molar-refractivity contribution in [3.8, 4) is 11.1 Å². The number of hydrogen-bond acceptors (Lipinski definition) is 4. The highest BCUT2D eigenvalue weighted by atomic mass is 19.1. The Bertz CT molecular complexity index is 1060. The molecule has 6 nitrogen and oxygen atoms in total. The minimum Gasteiger partial charge on any atom is -0.481 e. The lowest BCUT2D eigenvalue weighted by Crippen LogP contribution is -2.19. The zero-order valence-electron chi connectivity index (χ0n) is 16.9. The maximum absolute atomic E-state index is 13.5. The van der Waals surface area contributed by atoms with Crippen LogP contribution in [0.4, 0.5) is 4.39 Å². The van der Waals surface area contributed by atoms with Gasteiger partial charge in [-0.1, -0.05) is 18.2 Å². The molecule has 0 fully saturated rings. The zero-order valence-corrected chi connectivity index (χ0v) is 16.9. The summed E-state index contributed by atoms with van der Waals surface area (Å²) in [6.07, 6.45) is 4.10. The van der Waals surface area contributed by atoms with Crippen molar-refractivity contribution in [1.82, 2.24) is 9.55 Å². The standard InChI is InChI=1S/C23H25FN2O4/c1-14(2)26-20-9-10-25-13-19(20)23(15-3-5-16(24)6-4-15)21(26)8-7-17(27)11-18(28)12-22(29)30/h3-10,13-14,17-18,27-28H,11-12H2,1-2H3,(H,29,30). The van der Waals surface area contributed by atoms with E-state index >= 15 is 0 Å². The Kier molecular flexibility index (Phi) is 6.64. The Morgan fingerprint density at radius 1 is 1.20 bits per heavy atom. The van der Waals surface area contributed by atoms with E-state index in [0.29, 0.717) is 0 Å². The van der Waals surface area contributed by atoms with Gasteiger partial charge >= 0.3 is 5.97 Å². The van der Waals surface area contributed by atoms with Crippen molar-refractivity contribution in [2.75, 3.05) is 0 Å². The Balaban J connectivity index is 2.08. The fourth-order valence-corrected chi connectivity index (χ4v) is 3.66. The topological polar surface area (TPSA) is 95.6 Å². The molecule has 0 aliphatic carbocycles. The summed E-state index contributed by atoms with van der Waals surface area (Å²) in [4.78, 5) is 15.0. The summed E-state index contributed by atoms with van der Waals surface area (Å²) in [5.74, 6) is -1.45. The molecule has 1 aromatic carbocycles. The molecule has 0 aliphatic heterocycles. The van der Waals surface area contributed by atoms with Crippen LogP contribution in [0.1, 0.15) is 38.4 Å². The highest BCUT2D eigenvalue weighted by Gasteiger charge is 2.20. The largest absolute Gasteiger partial charge is 0.481 e. The molecule has 0 radical (unpaired) electrons. The second-order valence-electron chi connectivity index (χ2n) is 7.54. The van der Waals surface area contributed by atoms with Crippen LogP contribution in [0, 0.1) is 5.82 Å². The third-order valence-corrected chi connectivity index (χ3v) is 4.89. The second kappa shape index (κ2) is 9.19. The average molecular weight is 412 g/mol. The Labute approximate surface area is 173 Å². The van der Waals surface area contributed by atoms with Gasteiger partial charge in [0.25, 0.3) is 0 Å².